The highest BCUT2D eigenvalue weighted by Crippen LogP contribution is 2.29. The Labute approximate surface area is 140 Å². The maximum Gasteiger partial charge on any atom is 0.200 e. The van der Waals surface area contributed by atoms with Crippen LogP contribution >= 0.6 is 0 Å². The van der Waals surface area contributed by atoms with Gasteiger partial charge in [-0.1, -0.05) is 6.07 Å². The zero-order valence-electron chi connectivity index (χ0n) is 13.9. The quantitative estimate of drug-likeness (QED) is 0.749. The maximum atomic E-state index is 12.3. The standard InChI is InChI=1S/C18H20O6/c1-21-15-7-5-13(9-18(15)23-3)14(20)11-24-16-6-4-12(10-19)8-17(16)22-2/h4-9,19H,10-11H2,1-3H3. The number of ether oxygens (including phenoxy) is 4. The van der Waals surface area contributed by atoms with E-state index in [2.05, 4.69) is 0 Å². The van der Waals surface area contributed by atoms with Crippen LogP contribution in [0, 0.1) is 0 Å². The van der Waals surface area contributed by atoms with Crippen molar-refractivity contribution in [2.45, 2.75) is 6.61 Å². The van der Waals surface area contributed by atoms with Gasteiger partial charge in [0.2, 0.25) is 0 Å². The molecule has 0 heterocycles. The van der Waals surface area contributed by atoms with E-state index in [9.17, 15) is 4.79 Å². The summed E-state index contributed by atoms with van der Waals surface area (Å²) >= 11 is 0. The monoisotopic (exact) mass is 332 g/mol. The van der Waals surface area contributed by atoms with Crippen LogP contribution < -0.4 is 18.9 Å². The summed E-state index contributed by atoms with van der Waals surface area (Å²) in [6.07, 6.45) is 0. The summed E-state index contributed by atoms with van der Waals surface area (Å²) in [7, 11) is 4.54. The van der Waals surface area contributed by atoms with Gasteiger partial charge in [0.05, 0.1) is 27.9 Å². The number of aliphatic hydroxyl groups is 1. The molecule has 0 unspecified atom stereocenters. The van der Waals surface area contributed by atoms with Gasteiger partial charge in [-0.05, 0) is 35.9 Å². The molecule has 6 nitrogen and oxygen atoms in total. The van der Waals surface area contributed by atoms with Crippen LogP contribution in [0.25, 0.3) is 0 Å². The first-order valence-electron chi connectivity index (χ1n) is 7.28. The van der Waals surface area contributed by atoms with E-state index >= 15 is 0 Å². The Balaban J connectivity index is 2.11. The summed E-state index contributed by atoms with van der Waals surface area (Å²) in [6.45, 7) is -0.245. The highest BCUT2D eigenvalue weighted by atomic mass is 16.5. The number of methoxy groups -OCH3 is 3. The average molecular weight is 332 g/mol. The lowest BCUT2D eigenvalue weighted by Crippen LogP contribution is -2.12. The van der Waals surface area contributed by atoms with E-state index in [4.69, 9.17) is 24.1 Å². The smallest absolute Gasteiger partial charge is 0.200 e. The van der Waals surface area contributed by atoms with E-state index in [0.29, 0.717) is 34.1 Å². The van der Waals surface area contributed by atoms with Crippen LogP contribution in [0.4, 0.5) is 0 Å². The highest BCUT2D eigenvalue weighted by molar-refractivity contribution is 5.97. The molecule has 0 aromatic heterocycles. The van der Waals surface area contributed by atoms with Crippen molar-refractivity contribution in [2.75, 3.05) is 27.9 Å². The van der Waals surface area contributed by atoms with Crippen LogP contribution in [0.2, 0.25) is 0 Å². The fourth-order valence-corrected chi connectivity index (χ4v) is 2.17. The number of Topliss-reactive ketones (excluding diaryl/α,β-unsaturated/α-hetero) is 1. The van der Waals surface area contributed by atoms with Gasteiger partial charge in [-0.15, -0.1) is 0 Å². The second kappa shape index (κ2) is 8.21. The van der Waals surface area contributed by atoms with Crippen LogP contribution in [0.3, 0.4) is 0 Å². The molecule has 1 N–H and O–H groups in total. The average Bonchev–Trinajstić information content (AvgIpc) is 2.65. The van der Waals surface area contributed by atoms with Gasteiger partial charge < -0.3 is 24.1 Å². The number of hydrogen-bond donors (Lipinski definition) is 1. The molecule has 2 aromatic rings. The molecule has 0 spiro atoms. The van der Waals surface area contributed by atoms with Crippen molar-refractivity contribution in [3.8, 4) is 23.0 Å². The van der Waals surface area contributed by atoms with E-state index in [1.54, 1.807) is 36.4 Å². The van der Waals surface area contributed by atoms with Crippen LogP contribution in [-0.4, -0.2) is 38.8 Å². The topological polar surface area (TPSA) is 74.2 Å². The molecule has 0 fully saturated rings. The molecule has 128 valence electrons. The van der Waals surface area contributed by atoms with Gasteiger partial charge in [0.25, 0.3) is 0 Å². The Kier molecular flexibility index (Phi) is 6.03. The van der Waals surface area contributed by atoms with Crippen molar-refractivity contribution in [2.24, 2.45) is 0 Å². The second-order valence-electron chi connectivity index (χ2n) is 4.92. The van der Waals surface area contributed by atoms with Gasteiger partial charge in [-0.2, -0.15) is 0 Å². The Morgan fingerprint density at radius 1 is 0.875 bits per heavy atom. The van der Waals surface area contributed by atoms with Crippen LogP contribution in [-0.2, 0) is 6.61 Å². The fourth-order valence-electron chi connectivity index (χ4n) is 2.17. The van der Waals surface area contributed by atoms with Gasteiger partial charge >= 0.3 is 0 Å². The van der Waals surface area contributed by atoms with E-state index in [1.165, 1.54) is 21.3 Å². The summed E-state index contributed by atoms with van der Waals surface area (Å²) in [6, 6.07) is 9.96. The largest absolute Gasteiger partial charge is 0.493 e. The van der Waals surface area contributed by atoms with Crippen molar-refractivity contribution in [3.63, 3.8) is 0 Å². The molecule has 0 radical (unpaired) electrons. The molecule has 2 aromatic carbocycles. The molecular formula is C18H20O6. The van der Waals surface area contributed by atoms with Gasteiger partial charge in [0, 0.05) is 5.56 Å². The van der Waals surface area contributed by atoms with Gasteiger partial charge in [0.15, 0.2) is 35.4 Å². The molecule has 0 aliphatic rings. The Morgan fingerprint density at radius 3 is 2.12 bits per heavy atom. The summed E-state index contributed by atoms with van der Waals surface area (Å²) in [5.41, 5.74) is 1.16. The molecule has 0 saturated heterocycles. The van der Waals surface area contributed by atoms with E-state index < -0.39 is 0 Å². The number of carbonyl (C=O) groups excluding carboxylic acids is 1. The normalized spacial score (nSPS) is 10.2. The number of rotatable bonds is 8. The van der Waals surface area contributed by atoms with Crippen LogP contribution in [0.5, 0.6) is 23.0 Å². The lowest BCUT2D eigenvalue weighted by Gasteiger charge is -2.12. The SMILES string of the molecule is COc1ccc(C(=O)COc2ccc(CO)cc2OC)cc1OC. The second-order valence-corrected chi connectivity index (χ2v) is 4.92. The number of carbonyl (C=O) groups is 1. The zero-order chi connectivity index (χ0) is 17.5. The fraction of sp³-hybridized carbons (Fsp3) is 0.278. The minimum Gasteiger partial charge on any atom is -0.493 e. The minimum absolute atomic E-state index is 0.0960. The van der Waals surface area contributed by atoms with Crippen molar-refractivity contribution < 1.29 is 28.8 Å². The Morgan fingerprint density at radius 2 is 1.50 bits per heavy atom. The molecule has 0 atom stereocenters. The highest BCUT2D eigenvalue weighted by Gasteiger charge is 2.13. The van der Waals surface area contributed by atoms with Gasteiger partial charge in [0.1, 0.15) is 0 Å². The van der Waals surface area contributed by atoms with Crippen molar-refractivity contribution in [1.29, 1.82) is 0 Å². The molecule has 0 saturated carbocycles. The molecule has 0 aliphatic carbocycles. The first-order valence-corrected chi connectivity index (χ1v) is 7.28. The maximum absolute atomic E-state index is 12.3. The lowest BCUT2D eigenvalue weighted by atomic mass is 10.1. The van der Waals surface area contributed by atoms with Crippen molar-refractivity contribution >= 4 is 5.78 Å². The molecular weight excluding hydrogens is 312 g/mol. The molecule has 0 aliphatic heterocycles. The molecule has 24 heavy (non-hydrogen) atoms. The molecule has 6 heteroatoms. The molecule has 0 bridgehead atoms. The summed E-state index contributed by atoms with van der Waals surface area (Å²) in [5, 5.41) is 9.13. The lowest BCUT2D eigenvalue weighted by molar-refractivity contribution is 0.0919. The predicted octanol–water partition coefficient (Wildman–Crippen LogP) is 2.47. The van der Waals surface area contributed by atoms with Gasteiger partial charge in [-0.3, -0.25) is 4.79 Å². The first kappa shape index (κ1) is 17.6. The number of hydrogen-bond acceptors (Lipinski definition) is 6. The zero-order valence-corrected chi connectivity index (χ0v) is 13.9. The first-order chi connectivity index (χ1) is 11.6. The van der Waals surface area contributed by atoms with E-state index in [1.807, 2.05) is 0 Å². The Hall–Kier alpha value is -2.73. The molecule has 2 rings (SSSR count). The summed E-state index contributed by atoms with van der Waals surface area (Å²) in [4.78, 5) is 12.3. The van der Waals surface area contributed by atoms with Gasteiger partial charge in [-0.25, -0.2) is 0 Å². The predicted molar refractivity (Wildman–Crippen MR) is 88.3 cm³/mol. The van der Waals surface area contributed by atoms with Crippen molar-refractivity contribution in [1.82, 2.24) is 0 Å². The number of benzene rings is 2. The van der Waals surface area contributed by atoms with Crippen LogP contribution in [0.1, 0.15) is 15.9 Å². The molecule has 0 amide bonds. The number of ketones is 1. The van der Waals surface area contributed by atoms with Crippen molar-refractivity contribution in [3.05, 3.63) is 47.5 Å². The van der Waals surface area contributed by atoms with E-state index in [-0.39, 0.29) is 19.0 Å². The third-order valence-corrected chi connectivity index (χ3v) is 3.47. The number of aliphatic hydroxyl groups excluding tert-OH is 1. The minimum atomic E-state index is -0.204. The van der Waals surface area contributed by atoms with E-state index in [0.717, 1.165) is 0 Å². The Bertz CT molecular complexity index is 711. The summed E-state index contributed by atoms with van der Waals surface area (Å²) in [5.74, 6) is 1.72. The third kappa shape index (κ3) is 3.97. The van der Waals surface area contributed by atoms with Crippen LogP contribution in [0.15, 0.2) is 36.4 Å². The summed E-state index contributed by atoms with van der Waals surface area (Å²) < 4.78 is 21.1. The third-order valence-electron chi connectivity index (χ3n) is 3.47.